The Hall–Kier alpha value is -0.370. The van der Waals surface area contributed by atoms with Crippen molar-refractivity contribution < 1.29 is 4.79 Å². The van der Waals surface area contributed by atoms with E-state index in [0.717, 1.165) is 19.1 Å². The molecule has 2 N–H and O–H groups in total. The van der Waals surface area contributed by atoms with E-state index >= 15 is 0 Å². The maximum absolute atomic E-state index is 10.7. The van der Waals surface area contributed by atoms with Crippen molar-refractivity contribution in [3.63, 3.8) is 0 Å². The fraction of sp³-hybridized carbons (Fsp3) is 0.909. The molecule has 13 heavy (non-hydrogen) atoms. The Morgan fingerprint density at radius 1 is 1.31 bits per heavy atom. The molecule has 0 amide bonds. The van der Waals surface area contributed by atoms with Gasteiger partial charge in [-0.2, -0.15) is 0 Å². The summed E-state index contributed by atoms with van der Waals surface area (Å²) < 4.78 is 0. The van der Waals surface area contributed by atoms with Crippen LogP contribution in [-0.2, 0) is 4.79 Å². The van der Waals surface area contributed by atoms with Crippen LogP contribution in [0.4, 0.5) is 0 Å². The third-order valence-corrected chi connectivity index (χ3v) is 2.09. The van der Waals surface area contributed by atoms with Crippen molar-refractivity contribution in [1.29, 1.82) is 0 Å². The first-order valence-corrected chi connectivity index (χ1v) is 4.94. The standard InChI is InChI=1S/C11H23NO/c1-9(2)6-10(3,4)7-11(5,12)8-13/h8-9H,6-7,12H2,1-5H3. The smallest absolute Gasteiger partial charge is 0.139 e. The minimum atomic E-state index is -0.668. The largest absolute Gasteiger partial charge is 0.319 e. The molecule has 0 bridgehead atoms. The van der Waals surface area contributed by atoms with Crippen LogP contribution in [0.2, 0.25) is 0 Å². The maximum Gasteiger partial charge on any atom is 0.139 e. The molecule has 0 saturated carbocycles. The van der Waals surface area contributed by atoms with E-state index in [9.17, 15) is 4.79 Å². The molecular formula is C11H23NO. The monoisotopic (exact) mass is 185 g/mol. The molecule has 2 nitrogen and oxygen atoms in total. The average Bonchev–Trinajstić information content (AvgIpc) is 1.81. The Labute approximate surface area is 81.9 Å². The van der Waals surface area contributed by atoms with Crippen LogP contribution in [0.15, 0.2) is 0 Å². The molecule has 0 aromatic rings. The Bertz CT molecular complexity index is 171. The van der Waals surface area contributed by atoms with Crippen molar-refractivity contribution in [2.75, 3.05) is 0 Å². The van der Waals surface area contributed by atoms with E-state index in [1.807, 2.05) is 0 Å². The molecule has 0 rings (SSSR count). The zero-order valence-electron chi connectivity index (χ0n) is 9.55. The molecule has 0 aromatic carbocycles. The van der Waals surface area contributed by atoms with E-state index < -0.39 is 5.54 Å². The van der Waals surface area contributed by atoms with Crippen molar-refractivity contribution in [3.05, 3.63) is 0 Å². The Morgan fingerprint density at radius 3 is 2.08 bits per heavy atom. The van der Waals surface area contributed by atoms with Crippen LogP contribution in [0.5, 0.6) is 0 Å². The molecule has 0 aliphatic carbocycles. The highest BCUT2D eigenvalue weighted by Gasteiger charge is 2.29. The first kappa shape index (κ1) is 12.6. The summed E-state index contributed by atoms with van der Waals surface area (Å²) >= 11 is 0. The van der Waals surface area contributed by atoms with Crippen LogP contribution in [0.3, 0.4) is 0 Å². The third kappa shape index (κ3) is 5.81. The molecule has 1 atom stereocenters. The average molecular weight is 185 g/mol. The molecule has 1 unspecified atom stereocenters. The van der Waals surface area contributed by atoms with Gasteiger partial charge in [0, 0.05) is 0 Å². The lowest BCUT2D eigenvalue weighted by molar-refractivity contribution is -0.112. The lowest BCUT2D eigenvalue weighted by atomic mass is 9.75. The second-order valence-electron chi connectivity index (χ2n) is 5.56. The van der Waals surface area contributed by atoms with Crippen molar-refractivity contribution in [2.24, 2.45) is 17.1 Å². The Morgan fingerprint density at radius 2 is 1.77 bits per heavy atom. The van der Waals surface area contributed by atoms with Gasteiger partial charge in [-0.25, -0.2) is 0 Å². The number of nitrogens with two attached hydrogens (primary N) is 1. The van der Waals surface area contributed by atoms with Crippen LogP contribution in [0.25, 0.3) is 0 Å². The van der Waals surface area contributed by atoms with Crippen molar-refractivity contribution in [2.45, 2.75) is 53.0 Å². The summed E-state index contributed by atoms with van der Waals surface area (Å²) in [6.07, 6.45) is 2.71. The van der Waals surface area contributed by atoms with Crippen LogP contribution in [-0.4, -0.2) is 11.8 Å². The van der Waals surface area contributed by atoms with Crippen LogP contribution < -0.4 is 5.73 Å². The van der Waals surface area contributed by atoms with Gasteiger partial charge in [-0.1, -0.05) is 27.7 Å². The predicted octanol–water partition coefficient (Wildman–Crippen LogP) is 2.37. The molecular weight excluding hydrogens is 162 g/mol. The molecule has 0 aromatic heterocycles. The normalized spacial score (nSPS) is 17.2. The summed E-state index contributed by atoms with van der Waals surface area (Å²) in [7, 11) is 0. The molecule has 0 aliphatic heterocycles. The van der Waals surface area contributed by atoms with Gasteiger partial charge in [-0.05, 0) is 31.1 Å². The van der Waals surface area contributed by atoms with Gasteiger partial charge in [0.05, 0.1) is 5.54 Å². The lowest BCUT2D eigenvalue weighted by Gasteiger charge is -2.32. The van der Waals surface area contributed by atoms with Gasteiger partial charge in [-0.3, -0.25) is 0 Å². The highest BCUT2D eigenvalue weighted by molar-refractivity contribution is 5.62. The zero-order valence-corrected chi connectivity index (χ0v) is 9.55. The zero-order chi connectivity index (χ0) is 10.7. The number of carbonyl (C=O) groups excluding carboxylic acids is 1. The van der Waals surface area contributed by atoms with Gasteiger partial charge in [0.1, 0.15) is 6.29 Å². The summed E-state index contributed by atoms with van der Waals surface area (Å²) in [5.74, 6) is 0.650. The molecule has 2 heteroatoms. The van der Waals surface area contributed by atoms with Crippen molar-refractivity contribution in [3.8, 4) is 0 Å². The summed E-state index contributed by atoms with van der Waals surface area (Å²) in [5.41, 5.74) is 5.29. The van der Waals surface area contributed by atoms with Crippen LogP contribution in [0, 0.1) is 11.3 Å². The Balaban J connectivity index is 4.23. The van der Waals surface area contributed by atoms with Crippen molar-refractivity contribution in [1.82, 2.24) is 0 Å². The van der Waals surface area contributed by atoms with Gasteiger partial charge < -0.3 is 10.5 Å². The number of hydrogen-bond donors (Lipinski definition) is 1. The SMILES string of the molecule is CC(C)CC(C)(C)CC(C)(N)C=O. The molecule has 0 spiro atoms. The summed E-state index contributed by atoms with van der Waals surface area (Å²) in [4.78, 5) is 10.7. The van der Waals surface area contributed by atoms with Crippen LogP contribution >= 0.6 is 0 Å². The fourth-order valence-corrected chi connectivity index (χ4v) is 2.25. The van der Waals surface area contributed by atoms with E-state index in [2.05, 4.69) is 27.7 Å². The summed E-state index contributed by atoms with van der Waals surface area (Å²) in [6.45, 7) is 10.5. The fourth-order valence-electron chi connectivity index (χ4n) is 2.25. The van der Waals surface area contributed by atoms with Gasteiger partial charge in [-0.15, -0.1) is 0 Å². The molecule has 0 fully saturated rings. The van der Waals surface area contributed by atoms with Gasteiger partial charge in [0.25, 0.3) is 0 Å². The minimum absolute atomic E-state index is 0.151. The van der Waals surface area contributed by atoms with E-state index in [1.54, 1.807) is 6.92 Å². The maximum atomic E-state index is 10.7. The molecule has 0 saturated heterocycles. The highest BCUT2D eigenvalue weighted by Crippen LogP contribution is 2.32. The van der Waals surface area contributed by atoms with E-state index in [0.29, 0.717) is 5.92 Å². The number of aldehydes is 1. The van der Waals surface area contributed by atoms with Crippen LogP contribution in [0.1, 0.15) is 47.5 Å². The molecule has 78 valence electrons. The summed E-state index contributed by atoms with van der Waals surface area (Å²) in [5, 5.41) is 0. The van der Waals surface area contributed by atoms with E-state index in [1.165, 1.54) is 0 Å². The first-order chi connectivity index (χ1) is 5.68. The number of hydrogen-bond acceptors (Lipinski definition) is 2. The number of carbonyl (C=O) groups is 1. The van der Waals surface area contributed by atoms with Crippen molar-refractivity contribution >= 4 is 6.29 Å². The lowest BCUT2D eigenvalue weighted by Crippen LogP contribution is -2.42. The first-order valence-electron chi connectivity index (χ1n) is 4.94. The second kappa shape index (κ2) is 4.23. The highest BCUT2D eigenvalue weighted by atomic mass is 16.1. The van der Waals surface area contributed by atoms with Gasteiger partial charge in [0.2, 0.25) is 0 Å². The minimum Gasteiger partial charge on any atom is -0.319 e. The quantitative estimate of drug-likeness (QED) is 0.668. The topological polar surface area (TPSA) is 43.1 Å². The van der Waals surface area contributed by atoms with Gasteiger partial charge >= 0.3 is 0 Å². The van der Waals surface area contributed by atoms with E-state index in [4.69, 9.17) is 5.73 Å². The second-order valence-corrected chi connectivity index (χ2v) is 5.56. The summed E-state index contributed by atoms with van der Waals surface area (Å²) in [6, 6.07) is 0. The molecule has 0 aliphatic rings. The predicted molar refractivity (Wildman–Crippen MR) is 56.5 cm³/mol. The molecule has 0 heterocycles. The molecule has 0 radical (unpaired) electrons. The van der Waals surface area contributed by atoms with Gasteiger partial charge in [0.15, 0.2) is 0 Å². The third-order valence-electron chi connectivity index (χ3n) is 2.09. The Kier molecular flexibility index (Phi) is 4.11. The van der Waals surface area contributed by atoms with E-state index in [-0.39, 0.29) is 5.41 Å². The number of rotatable bonds is 5.